The average Bonchev–Trinajstić information content (AvgIpc) is 3.02. The van der Waals surface area contributed by atoms with Crippen molar-refractivity contribution in [3.63, 3.8) is 0 Å². The molecule has 9 heteroatoms. The van der Waals surface area contributed by atoms with Crippen molar-refractivity contribution >= 4 is 69.6 Å². The summed E-state index contributed by atoms with van der Waals surface area (Å²) >= 11 is 18.1. The molecule has 34 heavy (non-hydrogen) atoms. The minimum Gasteiger partial charge on any atom is -0.350 e. The van der Waals surface area contributed by atoms with Gasteiger partial charge in [-0.05, 0) is 79.6 Å². The van der Waals surface area contributed by atoms with Gasteiger partial charge < -0.3 is 10.6 Å². The molecule has 2 N–H and O–H groups in total. The zero-order chi connectivity index (χ0) is 24.6. The number of carbonyl (C=O) groups is 3. The van der Waals surface area contributed by atoms with Crippen LogP contribution in [0.3, 0.4) is 0 Å². The summed E-state index contributed by atoms with van der Waals surface area (Å²) in [5, 5.41) is 5.97. The number of hydrogen-bond acceptors (Lipinski definition) is 4. The van der Waals surface area contributed by atoms with Gasteiger partial charge in [0.15, 0.2) is 0 Å². The van der Waals surface area contributed by atoms with Gasteiger partial charge >= 0.3 is 0 Å². The van der Waals surface area contributed by atoms with Gasteiger partial charge in [0.05, 0.1) is 15.7 Å². The van der Waals surface area contributed by atoms with Crippen LogP contribution in [-0.2, 0) is 9.59 Å². The fraction of sp³-hybridized carbons (Fsp3) is 0.0800. The fourth-order valence-electron chi connectivity index (χ4n) is 3.34. The predicted molar refractivity (Wildman–Crippen MR) is 136 cm³/mol. The van der Waals surface area contributed by atoms with Gasteiger partial charge in [-0.2, -0.15) is 0 Å². The van der Waals surface area contributed by atoms with Crippen LogP contribution in [0.4, 0.5) is 17.1 Å². The van der Waals surface area contributed by atoms with E-state index in [1.807, 2.05) is 32.0 Å². The highest BCUT2D eigenvalue weighted by Crippen LogP contribution is 2.33. The number of hydrogen-bond donors (Lipinski definition) is 2. The average molecular weight is 515 g/mol. The molecule has 0 radical (unpaired) electrons. The zero-order valence-corrected chi connectivity index (χ0v) is 20.3. The van der Waals surface area contributed by atoms with Crippen molar-refractivity contribution in [2.24, 2.45) is 0 Å². The Bertz CT molecular complexity index is 1370. The summed E-state index contributed by atoms with van der Waals surface area (Å²) in [5.41, 5.74) is 3.99. The van der Waals surface area contributed by atoms with Crippen molar-refractivity contribution in [3.05, 3.63) is 98.1 Å². The van der Waals surface area contributed by atoms with E-state index in [1.165, 1.54) is 18.2 Å². The molecule has 0 unspecified atom stereocenters. The molecular weight excluding hydrogens is 497 g/mol. The first-order valence-corrected chi connectivity index (χ1v) is 11.3. The Morgan fingerprint density at radius 2 is 1.44 bits per heavy atom. The summed E-state index contributed by atoms with van der Waals surface area (Å²) in [7, 11) is 0. The standard InChI is InChI=1S/C25H18Cl3N3O3/c1-13-3-6-17(11-14(13)2)30-23(32)15-4-7-16(8-5-15)29-22-21(28)24(33)31(25(22)34)18-9-10-19(26)20(27)12-18/h3-12,29H,1-2H3,(H,30,32). The second kappa shape index (κ2) is 9.50. The predicted octanol–water partition coefficient (Wildman–Crippen LogP) is 6.30. The molecule has 4 rings (SSSR count). The maximum absolute atomic E-state index is 12.9. The van der Waals surface area contributed by atoms with Gasteiger partial charge in [-0.15, -0.1) is 0 Å². The summed E-state index contributed by atoms with van der Waals surface area (Å²) in [6.07, 6.45) is 0. The number of amides is 3. The molecule has 0 saturated heterocycles. The number of aryl methyl sites for hydroxylation is 2. The third kappa shape index (κ3) is 4.66. The minimum absolute atomic E-state index is 0.0786. The second-order valence-electron chi connectivity index (χ2n) is 7.69. The largest absolute Gasteiger partial charge is 0.350 e. The van der Waals surface area contributed by atoms with Gasteiger partial charge in [-0.1, -0.05) is 40.9 Å². The number of anilines is 3. The molecule has 3 amide bonds. The molecule has 0 aromatic heterocycles. The van der Waals surface area contributed by atoms with Crippen molar-refractivity contribution in [3.8, 4) is 0 Å². The number of rotatable bonds is 5. The highest BCUT2D eigenvalue weighted by atomic mass is 35.5. The molecular formula is C25H18Cl3N3O3. The normalized spacial score (nSPS) is 13.5. The van der Waals surface area contributed by atoms with Crippen molar-refractivity contribution in [2.45, 2.75) is 13.8 Å². The topological polar surface area (TPSA) is 78.5 Å². The third-order valence-electron chi connectivity index (χ3n) is 5.37. The van der Waals surface area contributed by atoms with Crippen LogP contribution in [0, 0.1) is 13.8 Å². The van der Waals surface area contributed by atoms with E-state index >= 15 is 0 Å². The molecule has 6 nitrogen and oxygen atoms in total. The van der Waals surface area contributed by atoms with Crippen LogP contribution >= 0.6 is 34.8 Å². The van der Waals surface area contributed by atoms with Gasteiger partial charge in [0.25, 0.3) is 17.7 Å². The van der Waals surface area contributed by atoms with Crippen molar-refractivity contribution < 1.29 is 14.4 Å². The van der Waals surface area contributed by atoms with Crippen LogP contribution in [-0.4, -0.2) is 17.7 Å². The highest BCUT2D eigenvalue weighted by molar-refractivity contribution is 6.53. The van der Waals surface area contributed by atoms with E-state index in [0.717, 1.165) is 16.0 Å². The van der Waals surface area contributed by atoms with Crippen molar-refractivity contribution in [1.82, 2.24) is 0 Å². The Balaban J connectivity index is 1.48. The Morgan fingerprint density at radius 3 is 2.09 bits per heavy atom. The fourth-order valence-corrected chi connectivity index (χ4v) is 3.85. The van der Waals surface area contributed by atoms with Crippen LogP contribution in [0.15, 0.2) is 71.4 Å². The molecule has 1 heterocycles. The first-order valence-electron chi connectivity index (χ1n) is 10.1. The van der Waals surface area contributed by atoms with Gasteiger partial charge in [-0.3, -0.25) is 14.4 Å². The van der Waals surface area contributed by atoms with Crippen LogP contribution in [0.5, 0.6) is 0 Å². The van der Waals surface area contributed by atoms with Gasteiger partial charge in [-0.25, -0.2) is 4.90 Å². The molecule has 0 saturated carbocycles. The third-order valence-corrected chi connectivity index (χ3v) is 6.46. The lowest BCUT2D eigenvalue weighted by Gasteiger charge is -2.15. The highest BCUT2D eigenvalue weighted by Gasteiger charge is 2.39. The Labute approximate surface area is 211 Å². The number of carbonyl (C=O) groups excluding carboxylic acids is 3. The summed E-state index contributed by atoms with van der Waals surface area (Å²) < 4.78 is 0. The van der Waals surface area contributed by atoms with Gasteiger partial charge in [0.2, 0.25) is 0 Å². The lowest BCUT2D eigenvalue weighted by molar-refractivity contribution is -0.120. The molecule has 0 aliphatic carbocycles. The number of benzene rings is 3. The Hall–Kier alpha value is -3.32. The summed E-state index contributed by atoms with van der Waals surface area (Å²) in [6, 6.07) is 16.5. The molecule has 172 valence electrons. The quantitative estimate of drug-likeness (QED) is 0.392. The van der Waals surface area contributed by atoms with Crippen LogP contribution in [0.1, 0.15) is 21.5 Å². The molecule has 3 aromatic carbocycles. The summed E-state index contributed by atoms with van der Waals surface area (Å²) in [4.78, 5) is 39.0. The van der Waals surface area contributed by atoms with Crippen molar-refractivity contribution in [2.75, 3.05) is 15.5 Å². The summed E-state index contributed by atoms with van der Waals surface area (Å²) in [6.45, 7) is 3.98. The van der Waals surface area contributed by atoms with E-state index < -0.39 is 11.8 Å². The lowest BCUT2D eigenvalue weighted by Crippen LogP contribution is -2.32. The first kappa shape index (κ1) is 23.8. The second-order valence-corrected chi connectivity index (χ2v) is 8.88. The van der Waals surface area contributed by atoms with E-state index in [-0.39, 0.29) is 27.3 Å². The van der Waals surface area contributed by atoms with E-state index in [9.17, 15) is 14.4 Å². The van der Waals surface area contributed by atoms with E-state index in [1.54, 1.807) is 24.3 Å². The smallest absolute Gasteiger partial charge is 0.283 e. The molecule has 0 atom stereocenters. The van der Waals surface area contributed by atoms with Crippen LogP contribution < -0.4 is 15.5 Å². The SMILES string of the molecule is Cc1ccc(NC(=O)c2ccc(NC3=C(Cl)C(=O)N(c4ccc(Cl)c(Cl)c4)C3=O)cc2)cc1C. The molecule has 1 aliphatic rings. The van der Waals surface area contributed by atoms with Crippen molar-refractivity contribution in [1.29, 1.82) is 0 Å². The number of imide groups is 1. The zero-order valence-electron chi connectivity index (χ0n) is 18.1. The molecule has 3 aromatic rings. The minimum atomic E-state index is -0.683. The maximum atomic E-state index is 12.9. The van der Waals surface area contributed by atoms with Gasteiger partial charge in [0, 0.05) is 16.9 Å². The van der Waals surface area contributed by atoms with E-state index in [2.05, 4.69) is 10.6 Å². The number of nitrogens with one attached hydrogen (secondary N) is 2. The number of nitrogens with zero attached hydrogens (tertiary/aromatic N) is 1. The molecule has 0 spiro atoms. The maximum Gasteiger partial charge on any atom is 0.283 e. The van der Waals surface area contributed by atoms with Gasteiger partial charge in [0.1, 0.15) is 10.7 Å². The Morgan fingerprint density at radius 1 is 0.765 bits per heavy atom. The van der Waals surface area contributed by atoms with Crippen LogP contribution in [0.2, 0.25) is 10.0 Å². The first-order chi connectivity index (χ1) is 16.2. The summed E-state index contributed by atoms with van der Waals surface area (Å²) in [5.74, 6) is -1.59. The Kier molecular flexibility index (Phi) is 6.66. The number of halogens is 3. The van der Waals surface area contributed by atoms with E-state index in [0.29, 0.717) is 22.0 Å². The monoisotopic (exact) mass is 513 g/mol. The molecule has 0 bridgehead atoms. The molecule has 1 aliphatic heterocycles. The molecule has 0 fully saturated rings. The van der Waals surface area contributed by atoms with Crippen LogP contribution in [0.25, 0.3) is 0 Å². The van der Waals surface area contributed by atoms with E-state index in [4.69, 9.17) is 34.8 Å². The lowest BCUT2D eigenvalue weighted by atomic mass is 10.1.